The molecule has 0 amide bonds. The fourth-order valence-corrected chi connectivity index (χ4v) is 5.12. The quantitative estimate of drug-likeness (QED) is 0.408. The average molecular weight is 424 g/mol. The van der Waals surface area contributed by atoms with Crippen molar-refractivity contribution in [2.24, 2.45) is 0 Å². The molecule has 5 heteroatoms. The summed E-state index contributed by atoms with van der Waals surface area (Å²) < 4.78 is 1.91. The van der Waals surface area contributed by atoms with E-state index in [9.17, 15) is 9.90 Å². The maximum absolute atomic E-state index is 11.9. The molecule has 0 atom stereocenters. The number of hydrogen-bond acceptors (Lipinski definition) is 3. The number of carboxylic acids is 1. The summed E-state index contributed by atoms with van der Waals surface area (Å²) in [7, 11) is 0. The van der Waals surface area contributed by atoms with Crippen molar-refractivity contribution in [3.05, 3.63) is 77.6 Å². The number of nitrogens with zero attached hydrogens (tertiary/aromatic N) is 3. The summed E-state index contributed by atoms with van der Waals surface area (Å²) in [4.78, 5) is 16.4. The number of rotatable bonds is 5. The lowest BCUT2D eigenvalue weighted by Gasteiger charge is -2.15. The maximum Gasteiger partial charge on any atom is 0.335 e. The topological polar surface area (TPSA) is 68.0 Å². The third-order valence-corrected chi connectivity index (χ3v) is 6.98. The SMILES string of the molecule is O=C(O)c1ccc(-c2ccnc3cn(-c4cccc(C5CC5)c4)nc23)cc1C1CCCC1. The summed E-state index contributed by atoms with van der Waals surface area (Å²) in [5.74, 6) is 0.162. The molecule has 0 radical (unpaired) electrons. The molecule has 32 heavy (non-hydrogen) atoms. The van der Waals surface area contributed by atoms with Gasteiger partial charge in [0.05, 0.1) is 17.4 Å². The van der Waals surface area contributed by atoms with Crippen LogP contribution in [-0.2, 0) is 0 Å². The van der Waals surface area contributed by atoms with Gasteiger partial charge in [0.25, 0.3) is 0 Å². The molecule has 1 N–H and O–H groups in total. The number of pyridine rings is 1. The Morgan fingerprint density at radius 3 is 2.59 bits per heavy atom. The second-order valence-corrected chi connectivity index (χ2v) is 9.12. The van der Waals surface area contributed by atoms with Crippen molar-refractivity contribution >= 4 is 17.0 Å². The highest BCUT2D eigenvalue weighted by Crippen LogP contribution is 2.41. The van der Waals surface area contributed by atoms with E-state index >= 15 is 0 Å². The van der Waals surface area contributed by atoms with E-state index in [2.05, 4.69) is 35.3 Å². The minimum Gasteiger partial charge on any atom is -0.478 e. The molecule has 2 aromatic heterocycles. The summed E-state index contributed by atoms with van der Waals surface area (Å²) in [6, 6.07) is 16.3. The van der Waals surface area contributed by atoms with Gasteiger partial charge in [0.1, 0.15) is 11.0 Å². The number of fused-ring (bicyclic) bond motifs is 1. The molecule has 0 spiro atoms. The zero-order chi connectivity index (χ0) is 21.7. The molecule has 2 fully saturated rings. The van der Waals surface area contributed by atoms with Crippen molar-refractivity contribution in [1.29, 1.82) is 0 Å². The molecule has 0 bridgehead atoms. The zero-order valence-corrected chi connectivity index (χ0v) is 17.9. The van der Waals surface area contributed by atoms with Gasteiger partial charge in [0.2, 0.25) is 0 Å². The Morgan fingerprint density at radius 1 is 0.969 bits per heavy atom. The highest BCUT2D eigenvalue weighted by Gasteiger charge is 2.25. The monoisotopic (exact) mass is 423 g/mol. The van der Waals surface area contributed by atoms with E-state index in [0.717, 1.165) is 59.1 Å². The van der Waals surface area contributed by atoms with Crippen LogP contribution in [0.2, 0.25) is 0 Å². The largest absolute Gasteiger partial charge is 0.478 e. The molecule has 6 rings (SSSR count). The summed E-state index contributed by atoms with van der Waals surface area (Å²) >= 11 is 0. The molecule has 0 saturated heterocycles. The molecule has 160 valence electrons. The van der Waals surface area contributed by atoms with Gasteiger partial charge < -0.3 is 5.11 Å². The van der Waals surface area contributed by atoms with Gasteiger partial charge >= 0.3 is 5.97 Å². The fourth-order valence-electron chi connectivity index (χ4n) is 5.12. The third kappa shape index (κ3) is 3.38. The van der Waals surface area contributed by atoms with Crippen LogP contribution < -0.4 is 0 Å². The van der Waals surface area contributed by atoms with E-state index in [4.69, 9.17) is 5.10 Å². The van der Waals surface area contributed by atoms with E-state index in [0.29, 0.717) is 17.4 Å². The van der Waals surface area contributed by atoms with Crippen molar-refractivity contribution in [1.82, 2.24) is 14.8 Å². The van der Waals surface area contributed by atoms with Gasteiger partial charge in [0.15, 0.2) is 0 Å². The molecule has 5 nitrogen and oxygen atoms in total. The summed E-state index contributed by atoms with van der Waals surface area (Å²) in [5.41, 5.74) is 7.47. The number of aromatic nitrogens is 3. The van der Waals surface area contributed by atoms with Crippen LogP contribution in [0.25, 0.3) is 27.8 Å². The summed E-state index contributed by atoms with van der Waals surface area (Å²) in [6.07, 6.45) is 10.8. The van der Waals surface area contributed by atoms with Gasteiger partial charge in [-0.2, -0.15) is 5.10 Å². The van der Waals surface area contributed by atoms with Crippen molar-refractivity contribution in [2.75, 3.05) is 0 Å². The standard InChI is InChI=1S/C27H25N3O2/c31-27(32)23-11-10-20(15-24(23)18-4-1-2-5-18)22-12-13-28-25-16-30(29-26(22)25)21-7-3-6-19(14-21)17-8-9-17/h3,6-7,10-18H,1-2,4-5,8-9H2,(H,31,32). The van der Waals surface area contributed by atoms with Crippen LogP contribution in [0, 0.1) is 0 Å². The van der Waals surface area contributed by atoms with Crippen molar-refractivity contribution in [3.63, 3.8) is 0 Å². The first-order chi connectivity index (χ1) is 15.7. The molecular formula is C27H25N3O2. The Morgan fingerprint density at radius 2 is 1.81 bits per heavy atom. The molecule has 2 aromatic carbocycles. The van der Waals surface area contributed by atoms with Crippen molar-refractivity contribution < 1.29 is 9.90 Å². The van der Waals surface area contributed by atoms with Crippen LogP contribution in [0.1, 0.15) is 71.8 Å². The van der Waals surface area contributed by atoms with Gasteiger partial charge in [-0.25, -0.2) is 9.48 Å². The molecule has 0 unspecified atom stereocenters. The lowest BCUT2D eigenvalue weighted by atomic mass is 9.89. The van der Waals surface area contributed by atoms with Crippen LogP contribution in [0.15, 0.2) is 60.9 Å². The maximum atomic E-state index is 11.9. The molecule has 0 aliphatic heterocycles. The second kappa shape index (κ2) is 7.59. The Kier molecular flexibility index (Phi) is 4.56. The molecule has 2 aliphatic carbocycles. The van der Waals surface area contributed by atoms with Crippen molar-refractivity contribution in [2.45, 2.75) is 50.4 Å². The van der Waals surface area contributed by atoms with Crippen molar-refractivity contribution in [3.8, 4) is 16.8 Å². The van der Waals surface area contributed by atoms with Gasteiger partial charge in [-0.15, -0.1) is 0 Å². The highest BCUT2D eigenvalue weighted by molar-refractivity contribution is 5.94. The second-order valence-electron chi connectivity index (χ2n) is 9.12. The average Bonchev–Trinajstić information content (AvgIpc) is 3.34. The fraction of sp³-hybridized carbons (Fsp3) is 0.296. The highest BCUT2D eigenvalue weighted by atomic mass is 16.4. The van der Waals surface area contributed by atoms with Gasteiger partial charge in [-0.1, -0.05) is 31.0 Å². The van der Waals surface area contributed by atoms with Crippen LogP contribution in [0.5, 0.6) is 0 Å². The predicted molar refractivity (Wildman–Crippen MR) is 124 cm³/mol. The van der Waals surface area contributed by atoms with Gasteiger partial charge in [0, 0.05) is 11.8 Å². The minimum absolute atomic E-state index is 0.320. The van der Waals surface area contributed by atoms with E-state index in [-0.39, 0.29) is 0 Å². The zero-order valence-electron chi connectivity index (χ0n) is 17.9. The number of benzene rings is 2. The minimum atomic E-state index is -0.849. The third-order valence-electron chi connectivity index (χ3n) is 6.98. The number of carbonyl (C=O) groups is 1. The Balaban J connectivity index is 1.45. The molecule has 2 aliphatic rings. The van der Waals surface area contributed by atoms with E-state index < -0.39 is 5.97 Å². The van der Waals surface area contributed by atoms with Crippen LogP contribution in [0.4, 0.5) is 0 Å². The van der Waals surface area contributed by atoms with E-state index in [1.165, 1.54) is 18.4 Å². The van der Waals surface area contributed by atoms with Gasteiger partial charge in [-0.3, -0.25) is 4.98 Å². The molecule has 4 aromatic rings. The molecule has 2 saturated carbocycles. The molecular weight excluding hydrogens is 398 g/mol. The first-order valence-corrected chi connectivity index (χ1v) is 11.5. The Bertz CT molecular complexity index is 1330. The van der Waals surface area contributed by atoms with Crippen LogP contribution in [0.3, 0.4) is 0 Å². The number of hydrogen-bond donors (Lipinski definition) is 1. The lowest BCUT2D eigenvalue weighted by Crippen LogP contribution is -2.06. The first kappa shape index (κ1) is 19.2. The van der Waals surface area contributed by atoms with Gasteiger partial charge in [-0.05, 0) is 84.5 Å². The normalized spacial score (nSPS) is 16.6. The Labute approximate surface area is 186 Å². The van der Waals surface area contributed by atoms with Crippen LogP contribution in [-0.4, -0.2) is 25.8 Å². The number of aromatic carboxylic acids is 1. The number of carboxylic acid groups (broad SMARTS) is 1. The smallest absolute Gasteiger partial charge is 0.335 e. The van der Waals surface area contributed by atoms with E-state index in [1.807, 2.05) is 29.2 Å². The lowest BCUT2D eigenvalue weighted by molar-refractivity contribution is 0.0695. The predicted octanol–water partition coefficient (Wildman–Crippen LogP) is 6.32. The van der Waals surface area contributed by atoms with E-state index in [1.54, 1.807) is 6.07 Å². The van der Waals surface area contributed by atoms with Crippen LogP contribution >= 0.6 is 0 Å². The molecule has 2 heterocycles. The Hall–Kier alpha value is -3.47. The first-order valence-electron chi connectivity index (χ1n) is 11.5. The summed E-state index contributed by atoms with van der Waals surface area (Å²) in [5, 5.41) is 14.6. The summed E-state index contributed by atoms with van der Waals surface area (Å²) in [6.45, 7) is 0.